The van der Waals surface area contributed by atoms with Crippen LogP contribution in [-0.4, -0.2) is 9.55 Å². The Morgan fingerprint density at radius 1 is 0.269 bits per heavy atom. The Morgan fingerprint density at radius 2 is 0.627 bits per heavy atom. The molecule has 0 N–H and O–H groups in total. The van der Waals surface area contributed by atoms with Gasteiger partial charge in [0.15, 0.2) is 0 Å². The van der Waals surface area contributed by atoms with E-state index in [-0.39, 0.29) is 0 Å². The molecule has 4 nitrogen and oxygen atoms in total. The van der Waals surface area contributed by atoms with Gasteiger partial charge in [-0.15, -0.1) is 0 Å². The van der Waals surface area contributed by atoms with Crippen LogP contribution in [0.4, 0.5) is 34.1 Å². The smallest absolute Gasteiger partial charge is 0.145 e. The van der Waals surface area contributed by atoms with Gasteiger partial charge in [0.2, 0.25) is 0 Å². The van der Waals surface area contributed by atoms with E-state index < -0.39 is 0 Å². The molecular weight excluding hydrogens is 813 g/mol. The Hall–Kier alpha value is -8.99. The van der Waals surface area contributed by atoms with E-state index in [9.17, 15) is 0 Å². The average molecular weight is 857 g/mol. The number of para-hydroxylation sites is 4. The fourth-order valence-electron chi connectivity index (χ4n) is 9.38. The Kier molecular flexibility index (Phi) is 10.2. The van der Waals surface area contributed by atoms with Crippen molar-refractivity contribution in [3.8, 4) is 39.3 Å². The molecule has 0 saturated heterocycles. The third-order valence-electron chi connectivity index (χ3n) is 12.8. The predicted octanol–water partition coefficient (Wildman–Crippen LogP) is 17.3. The van der Waals surface area contributed by atoms with Crippen LogP contribution in [0.15, 0.2) is 267 Å². The molecule has 4 heteroatoms. The first-order valence-electron chi connectivity index (χ1n) is 22.8. The van der Waals surface area contributed by atoms with Gasteiger partial charge in [-0.05, 0) is 141 Å². The molecule has 0 spiro atoms. The van der Waals surface area contributed by atoms with E-state index >= 15 is 0 Å². The van der Waals surface area contributed by atoms with Gasteiger partial charge in [0, 0.05) is 45.4 Å². The van der Waals surface area contributed by atoms with Crippen molar-refractivity contribution in [3.63, 3.8) is 0 Å². The summed E-state index contributed by atoms with van der Waals surface area (Å²) >= 11 is 0. The maximum Gasteiger partial charge on any atom is 0.145 e. The molecular formula is C63H44N4. The zero-order valence-corrected chi connectivity index (χ0v) is 36.7. The number of anilines is 6. The summed E-state index contributed by atoms with van der Waals surface area (Å²) in [6, 6.07) is 95.3. The summed E-state index contributed by atoms with van der Waals surface area (Å²) in [6.45, 7) is 0. The van der Waals surface area contributed by atoms with Gasteiger partial charge >= 0.3 is 0 Å². The van der Waals surface area contributed by atoms with Crippen molar-refractivity contribution in [2.24, 2.45) is 0 Å². The summed E-state index contributed by atoms with van der Waals surface area (Å²) in [5.41, 5.74) is 15.4. The first-order valence-corrected chi connectivity index (χ1v) is 22.8. The van der Waals surface area contributed by atoms with Gasteiger partial charge in [-0.25, -0.2) is 4.98 Å². The lowest BCUT2D eigenvalue weighted by molar-refractivity contribution is 1.10. The number of imidazole rings is 1. The SMILES string of the molecule is c1ccc(N(c2ccc(-c3ccc(-c4nc5ccccc5n4-c4ccc(-c5ccc(N(c6ccccc6)c6ccc7ccccc7c6)cc5)cc4)cc3)cc2)c2ccc3ccccc3c2)cc1. The van der Waals surface area contributed by atoms with Crippen LogP contribution in [0.1, 0.15) is 0 Å². The fourth-order valence-corrected chi connectivity index (χ4v) is 9.38. The molecule has 11 aromatic carbocycles. The predicted molar refractivity (Wildman–Crippen MR) is 282 cm³/mol. The largest absolute Gasteiger partial charge is 0.310 e. The van der Waals surface area contributed by atoms with E-state index in [1.807, 2.05) is 0 Å². The monoisotopic (exact) mass is 856 g/mol. The zero-order chi connectivity index (χ0) is 44.5. The maximum atomic E-state index is 5.20. The van der Waals surface area contributed by atoms with Crippen molar-refractivity contribution in [3.05, 3.63) is 267 Å². The molecule has 0 aliphatic carbocycles. The summed E-state index contributed by atoms with van der Waals surface area (Å²) < 4.78 is 2.28. The van der Waals surface area contributed by atoms with Crippen molar-refractivity contribution in [1.82, 2.24) is 9.55 Å². The van der Waals surface area contributed by atoms with Gasteiger partial charge < -0.3 is 9.80 Å². The van der Waals surface area contributed by atoms with Crippen LogP contribution >= 0.6 is 0 Å². The topological polar surface area (TPSA) is 24.3 Å². The molecule has 0 aliphatic heterocycles. The van der Waals surface area contributed by atoms with Crippen LogP contribution in [0.3, 0.4) is 0 Å². The second-order valence-corrected chi connectivity index (χ2v) is 16.9. The van der Waals surface area contributed by atoms with Crippen LogP contribution in [0.2, 0.25) is 0 Å². The first kappa shape index (κ1) is 39.6. The molecule has 12 rings (SSSR count). The lowest BCUT2D eigenvalue weighted by atomic mass is 10.0. The summed E-state index contributed by atoms with van der Waals surface area (Å²) in [7, 11) is 0. The fraction of sp³-hybridized carbons (Fsp3) is 0. The Balaban J connectivity index is 0.823. The van der Waals surface area contributed by atoms with Crippen LogP contribution in [-0.2, 0) is 0 Å². The maximum absolute atomic E-state index is 5.20. The number of rotatable bonds is 10. The van der Waals surface area contributed by atoms with E-state index in [4.69, 9.17) is 4.98 Å². The van der Waals surface area contributed by atoms with Crippen LogP contribution in [0.25, 0.3) is 71.9 Å². The molecule has 0 amide bonds. The zero-order valence-electron chi connectivity index (χ0n) is 36.7. The number of nitrogens with zero attached hydrogens (tertiary/aromatic N) is 4. The van der Waals surface area contributed by atoms with Gasteiger partial charge in [-0.3, -0.25) is 4.57 Å². The van der Waals surface area contributed by atoms with Gasteiger partial charge in [0.05, 0.1) is 11.0 Å². The lowest BCUT2D eigenvalue weighted by Gasteiger charge is -2.26. The third-order valence-corrected chi connectivity index (χ3v) is 12.8. The number of fused-ring (bicyclic) bond motifs is 3. The quantitative estimate of drug-likeness (QED) is 0.137. The molecule has 0 atom stereocenters. The second-order valence-electron chi connectivity index (χ2n) is 16.9. The molecule has 1 heterocycles. The van der Waals surface area contributed by atoms with E-state index in [2.05, 4.69) is 281 Å². The van der Waals surface area contributed by atoms with E-state index in [1.54, 1.807) is 0 Å². The highest BCUT2D eigenvalue weighted by atomic mass is 15.1. The number of aromatic nitrogens is 2. The second kappa shape index (κ2) is 17.2. The molecule has 67 heavy (non-hydrogen) atoms. The van der Waals surface area contributed by atoms with Crippen LogP contribution in [0, 0.1) is 0 Å². The minimum Gasteiger partial charge on any atom is -0.310 e. The molecule has 0 radical (unpaired) electrons. The van der Waals surface area contributed by atoms with Gasteiger partial charge in [0.25, 0.3) is 0 Å². The van der Waals surface area contributed by atoms with E-state index in [0.717, 1.165) is 84.5 Å². The molecule has 0 fully saturated rings. The summed E-state index contributed by atoms with van der Waals surface area (Å²) in [4.78, 5) is 9.84. The first-order chi connectivity index (χ1) is 33.2. The molecule has 1 aromatic heterocycles. The molecule has 12 aromatic rings. The van der Waals surface area contributed by atoms with Gasteiger partial charge in [0.1, 0.15) is 5.82 Å². The Morgan fingerprint density at radius 3 is 1.12 bits per heavy atom. The molecule has 316 valence electrons. The molecule has 0 aliphatic rings. The Labute approximate surface area is 390 Å². The minimum atomic E-state index is 0.906. The average Bonchev–Trinajstić information content (AvgIpc) is 3.80. The van der Waals surface area contributed by atoms with Crippen LogP contribution < -0.4 is 9.80 Å². The standard InChI is InChI=1S/C63H44N4/c1-3-17-54(18-4-1)65(59-41-33-45-13-7-9-15-52(45)43-59)56-35-27-48(28-36-56)47-23-25-51(26-24-47)63-64-61-21-11-12-22-62(61)67(63)58-39-31-50(32-40-58)49-29-37-57(38-30-49)66(55-19-5-2-6-20-55)60-42-34-46-14-8-10-16-53(46)44-60/h1-44H. The molecule has 0 saturated carbocycles. The number of hydrogen-bond acceptors (Lipinski definition) is 3. The van der Waals surface area contributed by atoms with Crippen molar-refractivity contribution < 1.29 is 0 Å². The highest BCUT2D eigenvalue weighted by Gasteiger charge is 2.18. The highest BCUT2D eigenvalue weighted by molar-refractivity contribution is 5.91. The molecule has 0 bridgehead atoms. The summed E-state index contributed by atoms with van der Waals surface area (Å²) in [5, 5.41) is 4.90. The van der Waals surface area contributed by atoms with E-state index in [0.29, 0.717) is 0 Å². The van der Waals surface area contributed by atoms with Crippen molar-refractivity contribution in [2.75, 3.05) is 9.80 Å². The third kappa shape index (κ3) is 7.67. The summed E-state index contributed by atoms with van der Waals surface area (Å²) in [5.74, 6) is 0.906. The normalized spacial score (nSPS) is 11.3. The van der Waals surface area contributed by atoms with Crippen molar-refractivity contribution in [1.29, 1.82) is 0 Å². The van der Waals surface area contributed by atoms with Crippen LogP contribution in [0.5, 0.6) is 0 Å². The van der Waals surface area contributed by atoms with Crippen molar-refractivity contribution >= 4 is 66.7 Å². The van der Waals surface area contributed by atoms with Gasteiger partial charge in [-0.1, -0.05) is 170 Å². The summed E-state index contributed by atoms with van der Waals surface area (Å²) in [6.07, 6.45) is 0. The number of hydrogen-bond donors (Lipinski definition) is 0. The molecule has 0 unspecified atom stereocenters. The van der Waals surface area contributed by atoms with Crippen molar-refractivity contribution in [2.45, 2.75) is 0 Å². The number of benzene rings is 11. The van der Waals surface area contributed by atoms with Gasteiger partial charge in [-0.2, -0.15) is 0 Å². The highest BCUT2D eigenvalue weighted by Crippen LogP contribution is 2.40. The minimum absolute atomic E-state index is 0.906. The van der Waals surface area contributed by atoms with E-state index in [1.165, 1.54) is 21.5 Å². The Bertz CT molecular complexity index is 3650. The lowest BCUT2D eigenvalue weighted by Crippen LogP contribution is -2.09.